The van der Waals surface area contributed by atoms with Gasteiger partial charge in [-0.15, -0.1) is 22.7 Å². The Morgan fingerprint density at radius 1 is 1.37 bits per heavy atom. The molecule has 1 aliphatic rings. The SMILES string of the molecule is Cc1ncsc1CNC(C)c1cc2c(s1)CCCC2. The maximum Gasteiger partial charge on any atom is 0.0798 e. The van der Waals surface area contributed by atoms with Crippen LogP contribution < -0.4 is 5.32 Å². The molecule has 102 valence electrons. The van der Waals surface area contributed by atoms with Crippen molar-refractivity contribution in [1.29, 1.82) is 0 Å². The maximum absolute atomic E-state index is 4.30. The van der Waals surface area contributed by atoms with E-state index in [4.69, 9.17) is 0 Å². The van der Waals surface area contributed by atoms with E-state index < -0.39 is 0 Å². The molecule has 1 N–H and O–H groups in total. The first-order valence-electron chi connectivity index (χ1n) is 6.98. The molecule has 0 aliphatic heterocycles. The molecule has 0 bridgehead atoms. The quantitative estimate of drug-likeness (QED) is 0.911. The number of aromatic nitrogens is 1. The Balaban J connectivity index is 1.65. The van der Waals surface area contributed by atoms with Crippen LogP contribution in [0.4, 0.5) is 0 Å². The Morgan fingerprint density at radius 3 is 2.95 bits per heavy atom. The average Bonchev–Trinajstić information content (AvgIpc) is 3.01. The number of thiazole rings is 1. The Hall–Kier alpha value is -0.710. The second-order valence-corrected chi connectivity index (χ2v) is 7.38. The first-order chi connectivity index (χ1) is 9.24. The summed E-state index contributed by atoms with van der Waals surface area (Å²) in [4.78, 5) is 8.78. The number of nitrogens with one attached hydrogen (secondary N) is 1. The summed E-state index contributed by atoms with van der Waals surface area (Å²) < 4.78 is 0. The molecular weight excluding hydrogens is 272 g/mol. The van der Waals surface area contributed by atoms with E-state index in [2.05, 4.69) is 30.2 Å². The lowest BCUT2D eigenvalue weighted by Crippen LogP contribution is -2.17. The fourth-order valence-corrected chi connectivity index (χ4v) is 4.58. The molecule has 0 saturated heterocycles. The van der Waals surface area contributed by atoms with Gasteiger partial charge in [-0.1, -0.05) is 0 Å². The summed E-state index contributed by atoms with van der Waals surface area (Å²) in [7, 11) is 0. The van der Waals surface area contributed by atoms with Crippen LogP contribution in [-0.4, -0.2) is 4.98 Å². The van der Waals surface area contributed by atoms with Gasteiger partial charge in [0, 0.05) is 27.2 Å². The van der Waals surface area contributed by atoms with Crippen LogP contribution in [0, 0.1) is 6.92 Å². The van der Waals surface area contributed by atoms with E-state index >= 15 is 0 Å². The molecule has 1 unspecified atom stereocenters. The number of nitrogens with zero attached hydrogens (tertiary/aromatic N) is 1. The molecular formula is C15H20N2S2. The number of fused-ring (bicyclic) bond motifs is 1. The Bertz CT molecular complexity index is 533. The van der Waals surface area contributed by atoms with Crippen LogP contribution >= 0.6 is 22.7 Å². The second-order valence-electron chi connectivity index (χ2n) is 5.27. The minimum absolute atomic E-state index is 0.442. The van der Waals surface area contributed by atoms with E-state index in [9.17, 15) is 0 Å². The molecule has 19 heavy (non-hydrogen) atoms. The van der Waals surface area contributed by atoms with Crippen LogP contribution in [0.2, 0.25) is 0 Å². The number of aryl methyl sites for hydroxylation is 3. The summed E-state index contributed by atoms with van der Waals surface area (Å²) in [6.07, 6.45) is 5.31. The fourth-order valence-electron chi connectivity index (χ4n) is 2.57. The highest BCUT2D eigenvalue weighted by Gasteiger charge is 2.16. The minimum atomic E-state index is 0.442. The smallest absolute Gasteiger partial charge is 0.0798 e. The molecule has 3 rings (SSSR count). The zero-order chi connectivity index (χ0) is 13.2. The van der Waals surface area contributed by atoms with Gasteiger partial charge in [-0.2, -0.15) is 0 Å². The maximum atomic E-state index is 4.30. The Morgan fingerprint density at radius 2 is 2.21 bits per heavy atom. The van der Waals surface area contributed by atoms with Gasteiger partial charge in [-0.25, -0.2) is 4.98 Å². The predicted molar refractivity (Wildman–Crippen MR) is 83.1 cm³/mol. The van der Waals surface area contributed by atoms with Crippen LogP contribution in [0.25, 0.3) is 0 Å². The molecule has 4 heteroatoms. The fraction of sp³-hybridized carbons (Fsp3) is 0.533. The van der Waals surface area contributed by atoms with E-state index in [0.717, 1.165) is 12.2 Å². The van der Waals surface area contributed by atoms with E-state index in [0.29, 0.717) is 6.04 Å². The third kappa shape index (κ3) is 2.91. The van der Waals surface area contributed by atoms with Crippen molar-refractivity contribution < 1.29 is 0 Å². The van der Waals surface area contributed by atoms with Gasteiger partial charge in [-0.3, -0.25) is 0 Å². The molecule has 0 radical (unpaired) electrons. The summed E-state index contributed by atoms with van der Waals surface area (Å²) in [6.45, 7) is 5.29. The molecule has 0 spiro atoms. The second kappa shape index (κ2) is 5.73. The van der Waals surface area contributed by atoms with Gasteiger partial charge in [0.2, 0.25) is 0 Å². The summed E-state index contributed by atoms with van der Waals surface area (Å²) in [5.41, 5.74) is 4.70. The largest absolute Gasteiger partial charge is 0.304 e. The van der Waals surface area contributed by atoms with Gasteiger partial charge in [0.15, 0.2) is 0 Å². The van der Waals surface area contributed by atoms with Crippen LogP contribution in [0.1, 0.15) is 51.7 Å². The van der Waals surface area contributed by atoms with Gasteiger partial charge in [-0.05, 0) is 51.2 Å². The first-order valence-corrected chi connectivity index (χ1v) is 8.67. The van der Waals surface area contributed by atoms with Crippen molar-refractivity contribution in [2.45, 2.75) is 52.1 Å². The van der Waals surface area contributed by atoms with Crippen molar-refractivity contribution in [1.82, 2.24) is 10.3 Å². The lowest BCUT2D eigenvalue weighted by Gasteiger charge is -2.11. The van der Waals surface area contributed by atoms with Crippen LogP contribution in [0.5, 0.6) is 0 Å². The summed E-state index contributed by atoms with van der Waals surface area (Å²) in [6, 6.07) is 2.87. The average molecular weight is 292 g/mol. The van der Waals surface area contributed by atoms with Crippen molar-refractivity contribution in [2.75, 3.05) is 0 Å². The van der Waals surface area contributed by atoms with Crippen molar-refractivity contribution in [3.05, 3.63) is 37.5 Å². The summed E-state index contributed by atoms with van der Waals surface area (Å²) in [5.74, 6) is 0. The van der Waals surface area contributed by atoms with Gasteiger partial charge >= 0.3 is 0 Å². The van der Waals surface area contributed by atoms with Crippen molar-refractivity contribution in [3.63, 3.8) is 0 Å². The molecule has 2 aromatic heterocycles. The van der Waals surface area contributed by atoms with Crippen LogP contribution in [0.3, 0.4) is 0 Å². The summed E-state index contributed by atoms with van der Waals surface area (Å²) in [5, 5.41) is 3.63. The molecule has 2 aromatic rings. The van der Waals surface area contributed by atoms with Gasteiger partial charge in [0.25, 0.3) is 0 Å². The molecule has 1 atom stereocenters. The van der Waals surface area contributed by atoms with Crippen LogP contribution in [0.15, 0.2) is 11.6 Å². The predicted octanol–water partition coefficient (Wildman–Crippen LogP) is 4.24. The van der Waals surface area contributed by atoms with Gasteiger partial charge in [0.05, 0.1) is 11.2 Å². The van der Waals surface area contributed by atoms with Crippen molar-refractivity contribution in [3.8, 4) is 0 Å². The highest BCUT2D eigenvalue weighted by molar-refractivity contribution is 7.12. The monoisotopic (exact) mass is 292 g/mol. The van der Waals surface area contributed by atoms with E-state index in [-0.39, 0.29) is 0 Å². The zero-order valence-corrected chi connectivity index (χ0v) is 13.2. The minimum Gasteiger partial charge on any atom is -0.304 e. The molecule has 0 fully saturated rings. The van der Waals surface area contributed by atoms with Crippen LogP contribution in [-0.2, 0) is 19.4 Å². The topological polar surface area (TPSA) is 24.9 Å². The lowest BCUT2D eigenvalue weighted by molar-refractivity contribution is 0.585. The Kier molecular flexibility index (Phi) is 4.01. The highest BCUT2D eigenvalue weighted by atomic mass is 32.1. The highest BCUT2D eigenvalue weighted by Crippen LogP contribution is 2.32. The number of thiophene rings is 1. The Labute approximate surface area is 122 Å². The van der Waals surface area contributed by atoms with Crippen molar-refractivity contribution in [2.24, 2.45) is 0 Å². The molecule has 0 saturated carbocycles. The number of hydrogen-bond acceptors (Lipinski definition) is 4. The third-order valence-corrected chi connectivity index (χ3v) is 6.21. The molecule has 2 heterocycles. The zero-order valence-electron chi connectivity index (χ0n) is 11.5. The molecule has 1 aliphatic carbocycles. The molecule has 0 amide bonds. The lowest BCUT2D eigenvalue weighted by atomic mass is 9.99. The van der Waals surface area contributed by atoms with Gasteiger partial charge in [0.1, 0.15) is 0 Å². The normalized spacial score (nSPS) is 16.3. The van der Waals surface area contributed by atoms with Gasteiger partial charge < -0.3 is 5.32 Å². The third-order valence-electron chi connectivity index (χ3n) is 3.86. The van der Waals surface area contributed by atoms with E-state index in [1.54, 1.807) is 21.8 Å². The number of hydrogen-bond donors (Lipinski definition) is 1. The standard InChI is InChI=1S/C15H20N2S2/c1-10(16-8-15-11(2)17-9-18-15)14-7-12-5-3-4-6-13(12)19-14/h7,9-10,16H,3-6,8H2,1-2H3. The molecule has 0 aromatic carbocycles. The summed E-state index contributed by atoms with van der Waals surface area (Å²) >= 11 is 3.75. The van der Waals surface area contributed by atoms with E-state index in [1.807, 2.05) is 16.8 Å². The number of rotatable bonds is 4. The first kappa shape index (κ1) is 13.3. The molecule has 2 nitrogen and oxygen atoms in total. The van der Waals surface area contributed by atoms with E-state index in [1.165, 1.54) is 35.4 Å². The van der Waals surface area contributed by atoms with Crippen molar-refractivity contribution >= 4 is 22.7 Å².